The van der Waals surface area contributed by atoms with Gasteiger partial charge in [0.05, 0.1) is 5.69 Å². The molecule has 74 valence electrons. The van der Waals surface area contributed by atoms with Gasteiger partial charge in [0.15, 0.2) is 5.15 Å². The fraction of sp³-hybridized carbons (Fsp3) is 0.667. The zero-order chi connectivity index (χ0) is 9.84. The van der Waals surface area contributed by atoms with E-state index in [0.29, 0.717) is 11.7 Å². The molecule has 0 saturated carbocycles. The van der Waals surface area contributed by atoms with Crippen LogP contribution < -0.4 is 5.73 Å². The van der Waals surface area contributed by atoms with Crippen molar-refractivity contribution in [1.82, 2.24) is 9.55 Å². The van der Waals surface area contributed by atoms with Crippen LogP contribution in [0.1, 0.15) is 24.9 Å². The van der Waals surface area contributed by atoms with E-state index in [1.165, 1.54) is 0 Å². The maximum Gasteiger partial charge on any atom is 0.150 e. The number of hydrogen-bond acceptors (Lipinski definition) is 2. The smallest absolute Gasteiger partial charge is 0.150 e. The SMILES string of the molecule is CCCc1c(Cl)nc(CCN)n1C. The summed E-state index contributed by atoms with van der Waals surface area (Å²) in [4.78, 5) is 4.27. The predicted octanol–water partition coefficient (Wildman–Crippen LogP) is 1.53. The highest BCUT2D eigenvalue weighted by Gasteiger charge is 2.10. The third-order valence-corrected chi connectivity index (χ3v) is 2.41. The van der Waals surface area contributed by atoms with E-state index in [1.807, 2.05) is 7.05 Å². The number of nitrogens with zero attached hydrogens (tertiary/aromatic N) is 2. The molecule has 2 N–H and O–H groups in total. The van der Waals surface area contributed by atoms with E-state index in [4.69, 9.17) is 17.3 Å². The second-order valence-corrected chi connectivity index (χ2v) is 3.47. The van der Waals surface area contributed by atoms with E-state index < -0.39 is 0 Å². The minimum Gasteiger partial charge on any atom is -0.334 e. The van der Waals surface area contributed by atoms with Gasteiger partial charge >= 0.3 is 0 Å². The lowest BCUT2D eigenvalue weighted by Gasteiger charge is -2.03. The molecule has 0 aromatic carbocycles. The van der Waals surface area contributed by atoms with Crippen LogP contribution in [0.3, 0.4) is 0 Å². The Morgan fingerprint density at radius 2 is 2.15 bits per heavy atom. The first-order chi connectivity index (χ1) is 6.20. The molecule has 1 rings (SSSR count). The molecule has 0 atom stereocenters. The van der Waals surface area contributed by atoms with Crippen LogP contribution >= 0.6 is 11.6 Å². The van der Waals surface area contributed by atoms with Crippen molar-refractivity contribution in [3.8, 4) is 0 Å². The molecule has 0 saturated heterocycles. The number of imidazole rings is 1. The Kier molecular flexibility index (Phi) is 3.75. The van der Waals surface area contributed by atoms with E-state index in [-0.39, 0.29) is 0 Å². The first-order valence-electron chi connectivity index (χ1n) is 4.60. The van der Waals surface area contributed by atoms with Gasteiger partial charge in [-0.1, -0.05) is 24.9 Å². The molecule has 0 spiro atoms. The monoisotopic (exact) mass is 201 g/mol. The largest absolute Gasteiger partial charge is 0.334 e. The van der Waals surface area contributed by atoms with Crippen LogP contribution in [0.4, 0.5) is 0 Å². The van der Waals surface area contributed by atoms with Gasteiger partial charge in [-0.25, -0.2) is 4.98 Å². The first kappa shape index (κ1) is 10.5. The molecular formula is C9H16ClN3. The molecule has 4 heteroatoms. The van der Waals surface area contributed by atoms with Crippen LogP contribution in [0, 0.1) is 0 Å². The van der Waals surface area contributed by atoms with E-state index in [2.05, 4.69) is 16.5 Å². The van der Waals surface area contributed by atoms with Crippen molar-refractivity contribution < 1.29 is 0 Å². The van der Waals surface area contributed by atoms with Crippen molar-refractivity contribution in [2.75, 3.05) is 6.54 Å². The quantitative estimate of drug-likeness (QED) is 0.803. The molecule has 0 aliphatic rings. The lowest BCUT2D eigenvalue weighted by molar-refractivity contribution is 0.726. The van der Waals surface area contributed by atoms with Crippen LogP contribution in [0.25, 0.3) is 0 Å². The molecule has 3 nitrogen and oxygen atoms in total. The van der Waals surface area contributed by atoms with Crippen LogP contribution in [0.5, 0.6) is 0 Å². The Morgan fingerprint density at radius 1 is 1.46 bits per heavy atom. The maximum atomic E-state index is 5.99. The Labute approximate surface area is 83.9 Å². The van der Waals surface area contributed by atoms with Gasteiger partial charge in [0.25, 0.3) is 0 Å². The normalized spacial score (nSPS) is 10.8. The summed E-state index contributed by atoms with van der Waals surface area (Å²) in [6, 6.07) is 0. The van der Waals surface area contributed by atoms with Gasteiger partial charge < -0.3 is 10.3 Å². The van der Waals surface area contributed by atoms with Gasteiger partial charge in [-0.3, -0.25) is 0 Å². The van der Waals surface area contributed by atoms with Crippen molar-refractivity contribution in [3.05, 3.63) is 16.7 Å². The average molecular weight is 202 g/mol. The number of rotatable bonds is 4. The van der Waals surface area contributed by atoms with Gasteiger partial charge in [0, 0.05) is 13.5 Å². The molecule has 0 unspecified atom stereocenters. The van der Waals surface area contributed by atoms with Crippen LogP contribution in [-0.2, 0) is 19.9 Å². The maximum absolute atomic E-state index is 5.99. The third kappa shape index (κ3) is 2.23. The molecule has 0 bridgehead atoms. The second kappa shape index (κ2) is 4.63. The third-order valence-electron chi connectivity index (χ3n) is 2.11. The highest BCUT2D eigenvalue weighted by Crippen LogP contribution is 2.17. The van der Waals surface area contributed by atoms with E-state index in [0.717, 1.165) is 30.8 Å². The molecule has 1 aromatic heterocycles. The van der Waals surface area contributed by atoms with Gasteiger partial charge in [-0.2, -0.15) is 0 Å². The minimum atomic E-state index is 0.618. The number of hydrogen-bond donors (Lipinski definition) is 1. The lowest BCUT2D eigenvalue weighted by atomic mass is 10.3. The molecule has 1 aromatic rings. The van der Waals surface area contributed by atoms with E-state index >= 15 is 0 Å². The standard InChI is InChI=1S/C9H16ClN3/c1-3-4-7-9(10)12-8(5-6-11)13(7)2/h3-6,11H2,1-2H3. The average Bonchev–Trinajstić information content (AvgIpc) is 2.34. The number of nitrogens with two attached hydrogens (primary N) is 1. The number of halogens is 1. The summed E-state index contributed by atoms with van der Waals surface area (Å²) in [6.07, 6.45) is 2.86. The molecular weight excluding hydrogens is 186 g/mol. The summed E-state index contributed by atoms with van der Waals surface area (Å²) < 4.78 is 2.05. The summed E-state index contributed by atoms with van der Waals surface area (Å²) >= 11 is 5.99. The summed E-state index contributed by atoms with van der Waals surface area (Å²) in [5.74, 6) is 0.982. The lowest BCUT2D eigenvalue weighted by Crippen LogP contribution is -2.09. The van der Waals surface area contributed by atoms with Gasteiger partial charge in [-0.05, 0) is 13.0 Å². The Morgan fingerprint density at radius 3 is 2.69 bits per heavy atom. The van der Waals surface area contributed by atoms with Gasteiger partial charge in [-0.15, -0.1) is 0 Å². The zero-order valence-electron chi connectivity index (χ0n) is 8.18. The summed E-state index contributed by atoms with van der Waals surface area (Å²) in [6.45, 7) is 2.75. The summed E-state index contributed by atoms with van der Waals surface area (Å²) in [5.41, 5.74) is 6.58. The van der Waals surface area contributed by atoms with E-state index in [1.54, 1.807) is 0 Å². The Hall–Kier alpha value is -0.540. The van der Waals surface area contributed by atoms with Crippen LogP contribution in [0.2, 0.25) is 5.15 Å². The first-order valence-corrected chi connectivity index (χ1v) is 4.98. The highest BCUT2D eigenvalue weighted by atomic mass is 35.5. The van der Waals surface area contributed by atoms with Crippen molar-refractivity contribution in [1.29, 1.82) is 0 Å². The topological polar surface area (TPSA) is 43.8 Å². The fourth-order valence-corrected chi connectivity index (χ4v) is 1.73. The summed E-state index contributed by atoms with van der Waals surface area (Å²) in [7, 11) is 1.99. The van der Waals surface area contributed by atoms with Crippen LogP contribution in [-0.4, -0.2) is 16.1 Å². The van der Waals surface area contributed by atoms with E-state index in [9.17, 15) is 0 Å². The molecule has 0 aliphatic carbocycles. The van der Waals surface area contributed by atoms with Crippen molar-refractivity contribution in [2.45, 2.75) is 26.2 Å². The van der Waals surface area contributed by atoms with Crippen molar-refractivity contribution >= 4 is 11.6 Å². The highest BCUT2D eigenvalue weighted by molar-refractivity contribution is 6.30. The minimum absolute atomic E-state index is 0.618. The fourth-order valence-electron chi connectivity index (χ4n) is 1.41. The Bertz CT molecular complexity index is 281. The Balaban J connectivity index is 2.92. The van der Waals surface area contributed by atoms with Crippen molar-refractivity contribution in [3.63, 3.8) is 0 Å². The van der Waals surface area contributed by atoms with Crippen LogP contribution in [0.15, 0.2) is 0 Å². The molecule has 0 aliphatic heterocycles. The molecule has 1 heterocycles. The van der Waals surface area contributed by atoms with Gasteiger partial charge in [0.2, 0.25) is 0 Å². The molecule has 13 heavy (non-hydrogen) atoms. The van der Waals surface area contributed by atoms with Crippen molar-refractivity contribution in [2.24, 2.45) is 12.8 Å². The molecule has 0 amide bonds. The second-order valence-electron chi connectivity index (χ2n) is 3.11. The predicted molar refractivity (Wildman–Crippen MR) is 55.0 cm³/mol. The molecule has 0 radical (unpaired) electrons. The summed E-state index contributed by atoms with van der Waals surface area (Å²) in [5, 5.41) is 0.632. The molecule has 0 fully saturated rings. The zero-order valence-corrected chi connectivity index (χ0v) is 8.93. The van der Waals surface area contributed by atoms with Gasteiger partial charge in [0.1, 0.15) is 5.82 Å². The number of aromatic nitrogens is 2.